The van der Waals surface area contributed by atoms with E-state index in [1.54, 1.807) is 37.2 Å². The lowest BCUT2D eigenvalue weighted by atomic mass is 9.78. The lowest BCUT2D eigenvalue weighted by molar-refractivity contribution is -0.130. The quantitative estimate of drug-likeness (QED) is 0.149. The van der Waals surface area contributed by atoms with Crippen molar-refractivity contribution in [3.63, 3.8) is 0 Å². The Kier molecular flexibility index (Phi) is 9.61. The van der Waals surface area contributed by atoms with Gasteiger partial charge in [0.15, 0.2) is 0 Å². The van der Waals surface area contributed by atoms with Crippen molar-refractivity contribution in [3.8, 4) is 28.3 Å². The van der Waals surface area contributed by atoms with Crippen molar-refractivity contribution >= 4 is 46.8 Å². The van der Waals surface area contributed by atoms with Crippen LogP contribution in [0.2, 0.25) is 0 Å². The molecule has 3 aromatic heterocycles. The predicted molar refractivity (Wildman–Crippen MR) is 203 cm³/mol. The number of fused-ring (bicyclic) bond motifs is 5. The van der Waals surface area contributed by atoms with Gasteiger partial charge < -0.3 is 39.1 Å². The maximum atomic E-state index is 16.5. The first-order valence-corrected chi connectivity index (χ1v) is 18.6. The van der Waals surface area contributed by atoms with Gasteiger partial charge in [0.2, 0.25) is 12.1 Å². The summed E-state index contributed by atoms with van der Waals surface area (Å²) in [5.41, 5.74) is 1.41. The molecule has 0 aliphatic carbocycles. The molecule has 54 heavy (non-hydrogen) atoms. The van der Waals surface area contributed by atoms with Crippen LogP contribution in [-0.2, 0) is 31.0 Å². The summed E-state index contributed by atoms with van der Waals surface area (Å²) in [6, 6.07) is 11.1. The number of carbonyl (C=O) groups is 2. The van der Waals surface area contributed by atoms with Gasteiger partial charge >= 0.3 is 13.2 Å². The minimum absolute atomic E-state index is 0.157. The van der Waals surface area contributed by atoms with E-state index in [0.29, 0.717) is 52.1 Å². The molecule has 1 atom stereocenters. The Labute approximate surface area is 316 Å². The van der Waals surface area contributed by atoms with Gasteiger partial charge in [-0.25, -0.2) is 19.2 Å². The fourth-order valence-electron chi connectivity index (χ4n) is 6.61. The van der Waals surface area contributed by atoms with Gasteiger partial charge in [0.25, 0.3) is 0 Å². The second-order valence-corrected chi connectivity index (χ2v) is 16.2. The average Bonchev–Trinajstić information content (AvgIpc) is 3.90. The SMILES string of the molecule is CCCN(Cc1ncc(-c2cc(F)c3c(c2)OC(c2cnc(C(C)(C)O)s2)n2c-3cc3cc(B4OC(C)(C)C(C)(C)O4)ccc32)[nH]1)C(=O)CNC(=O)OC. The zero-order chi connectivity index (χ0) is 38.7. The fourth-order valence-corrected chi connectivity index (χ4v) is 7.55. The summed E-state index contributed by atoms with van der Waals surface area (Å²) in [6.07, 6.45) is 2.55. The van der Waals surface area contributed by atoms with E-state index < -0.39 is 42.1 Å². The maximum Gasteiger partial charge on any atom is 0.494 e. The van der Waals surface area contributed by atoms with Crippen molar-refractivity contribution in [1.29, 1.82) is 0 Å². The molecular formula is C38H44BFN6O7S. The lowest BCUT2D eigenvalue weighted by Gasteiger charge is -2.32. The molecule has 2 amide bonds. The zero-order valence-corrected chi connectivity index (χ0v) is 32.4. The van der Waals surface area contributed by atoms with Crippen LogP contribution in [0.5, 0.6) is 5.75 Å². The molecule has 5 aromatic rings. The number of ether oxygens (including phenoxy) is 2. The highest BCUT2D eigenvalue weighted by atomic mass is 32.1. The minimum Gasteiger partial charge on any atom is -0.464 e. The molecule has 0 bridgehead atoms. The number of thiazole rings is 1. The Balaban J connectivity index is 1.26. The first kappa shape index (κ1) is 37.5. The van der Waals surface area contributed by atoms with Gasteiger partial charge in [0.05, 0.1) is 58.4 Å². The van der Waals surface area contributed by atoms with E-state index in [1.165, 1.54) is 24.5 Å². The maximum absolute atomic E-state index is 16.5. The molecule has 5 heterocycles. The Bertz CT molecular complexity index is 2230. The molecule has 7 rings (SSSR count). The van der Waals surface area contributed by atoms with E-state index in [4.69, 9.17) is 14.0 Å². The topological polar surface area (TPSA) is 153 Å². The number of carbonyl (C=O) groups excluding carboxylic acids is 2. The second-order valence-electron chi connectivity index (χ2n) is 15.1. The summed E-state index contributed by atoms with van der Waals surface area (Å²) < 4.78 is 42.4. The van der Waals surface area contributed by atoms with E-state index in [1.807, 2.05) is 63.5 Å². The van der Waals surface area contributed by atoms with E-state index >= 15 is 4.39 Å². The zero-order valence-electron chi connectivity index (χ0n) is 31.6. The van der Waals surface area contributed by atoms with Gasteiger partial charge in [0.1, 0.15) is 34.5 Å². The molecule has 2 aliphatic rings. The number of imidazole rings is 1. The van der Waals surface area contributed by atoms with Gasteiger partial charge in [-0.15, -0.1) is 11.3 Å². The fraction of sp³-hybridized carbons (Fsp3) is 0.421. The summed E-state index contributed by atoms with van der Waals surface area (Å²) in [5, 5.41) is 14.5. The Morgan fingerprint density at radius 1 is 1.13 bits per heavy atom. The van der Waals surface area contributed by atoms with Crippen molar-refractivity contribution in [1.82, 2.24) is 29.7 Å². The van der Waals surface area contributed by atoms with Crippen LogP contribution in [-0.4, -0.2) is 80.0 Å². The second kappa shape index (κ2) is 13.8. The van der Waals surface area contributed by atoms with Gasteiger partial charge in [-0.1, -0.05) is 19.1 Å². The normalized spacial score (nSPS) is 17.2. The highest BCUT2D eigenvalue weighted by Gasteiger charge is 2.51. The smallest absolute Gasteiger partial charge is 0.464 e. The van der Waals surface area contributed by atoms with E-state index in [9.17, 15) is 14.7 Å². The molecule has 0 spiro atoms. The highest BCUT2D eigenvalue weighted by molar-refractivity contribution is 7.11. The van der Waals surface area contributed by atoms with Crippen LogP contribution in [0.4, 0.5) is 9.18 Å². The molecule has 2 aliphatic heterocycles. The molecule has 1 fully saturated rings. The van der Waals surface area contributed by atoms with Crippen molar-refractivity contribution in [2.24, 2.45) is 0 Å². The Morgan fingerprint density at radius 2 is 1.87 bits per heavy atom. The number of alkyl carbamates (subject to hydrolysis) is 1. The number of nitrogens with one attached hydrogen (secondary N) is 2. The Hall–Kier alpha value is -4.77. The first-order chi connectivity index (χ1) is 25.5. The van der Waals surface area contributed by atoms with Crippen molar-refractivity contribution in [3.05, 3.63) is 70.3 Å². The monoisotopic (exact) mass is 758 g/mol. The number of amides is 2. The number of halogens is 1. The average molecular weight is 759 g/mol. The van der Waals surface area contributed by atoms with Crippen molar-refractivity contribution in [2.75, 3.05) is 20.2 Å². The number of nitrogens with zero attached hydrogens (tertiary/aromatic N) is 4. The number of hydrogen-bond acceptors (Lipinski definition) is 10. The van der Waals surface area contributed by atoms with Gasteiger partial charge in [-0.05, 0) is 77.7 Å². The van der Waals surface area contributed by atoms with Crippen molar-refractivity contribution in [2.45, 2.75) is 84.5 Å². The Morgan fingerprint density at radius 3 is 2.54 bits per heavy atom. The van der Waals surface area contributed by atoms with Crippen LogP contribution >= 0.6 is 11.3 Å². The van der Waals surface area contributed by atoms with Crippen LogP contribution in [0.15, 0.2) is 48.8 Å². The van der Waals surface area contributed by atoms with Crippen LogP contribution in [0, 0.1) is 5.82 Å². The standard InChI is InChI=1S/C38H44BFN6O7S/c1-9-12-45(31(47)19-43-35(48)50-8)20-30-41-17-25(44-30)21-14-24(40)32-27-15-22-13-23(39-52-37(4,5)38(6,7)53-39)10-11-26(22)46(27)33(51-28(32)16-21)29-18-42-34(54-29)36(2,3)49/h10-11,13-18,33,49H,9,12,19-20H2,1-8H3,(H,41,44)(H,43,48). The van der Waals surface area contributed by atoms with Crippen LogP contribution in [0.3, 0.4) is 0 Å². The van der Waals surface area contributed by atoms with Gasteiger partial charge in [-0.3, -0.25) is 9.36 Å². The van der Waals surface area contributed by atoms with Gasteiger partial charge in [-0.2, -0.15) is 0 Å². The van der Waals surface area contributed by atoms with E-state index in [-0.39, 0.29) is 19.0 Å². The molecular weight excluding hydrogens is 714 g/mol. The highest BCUT2D eigenvalue weighted by Crippen LogP contribution is 2.48. The minimum atomic E-state index is -1.17. The summed E-state index contributed by atoms with van der Waals surface area (Å²) in [5.74, 6) is 0.0188. The number of aromatic nitrogens is 4. The summed E-state index contributed by atoms with van der Waals surface area (Å²) in [4.78, 5) is 38.9. The van der Waals surface area contributed by atoms with Crippen LogP contribution < -0.4 is 15.5 Å². The first-order valence-electron chi connectivity index (χ1n) is 17.8. The number of aromatic amines is 1. The predicted octanol–water partition coefficient (Wildman–Crippen LogP) is 5.85. The molecule has 13 nitrogen and oxygen atoms in total. The summed E-state index contributed by atoms with van der Waals surface area (Å²) >= 11 is 1.33. The third-order valence-electron chi connectivity index (χ3n) is 10.2. The third-order valence-corrected chi connectivity index (χ3v) is 11.5. The number of rotatable bonds is 10. The molecule has 1 unspecified atom stereocenters. The molecule has 16 heteroatoms. The molecule has 3 N–H and O–H groups in total. The van der Waals surface area contributed by atoms with E-state index in [2.05, 4.69) is 25.0 Å². The summed E-state index contributed by atoms with van der Waals surface area (Å²) in [6.45, 7) is 13.7. The largest absolute Gasteiger partial charge is 0.494 e. The number of benzene rings is 2. The third kappa shape index (κ3) is 6.87. The van der Waals surface area contributed by atoms with Crippen LogP contribution in [0.25, 0.3) is 33.4 Å². The number of hydrogen-bond donors (Lipinski definition) is 3. The molecule has 0 radical (unpaired) electrons. The summed E-state index contributed by atoms with van der Waals surface area (Å²) in [7, 11) is 0.655. The lowest BCUT2D eigenvalue weighted by Crippen LogP contribution is -2.41. The molecule has 2 aromatic carbocycles. The number of H-pyrrole nitrogens is 1. The molecule has 1 saturated heterocycles. The van der Waals surface area contributed by atoms with Crippen molar-refractivity contribution < 1.29 is 37.9 Å². The number of aliphatic hydroxyl groups is 1. The number of methoxy groups -OCH3 is 1. The van der Waals surface area contributed by atoms with Crippen LogP contribution in [0.1, 0.15) is 76.8 Å². The van der Waals surface area contributed by atoms with Gasteiger partial charge in [0, 0.05) is 23.7 Å². The molecule has 0 saturated carbocycles. The van der Waals surface area contributed by atoms with E-state index in [0.717, 1.165) is 21.2 Å². The molecule has 284 valence electrons.